The molecule has 1 aliphatic carbocycles. The molecule has 0 bridgehead atoms. The van der Waals surface area contributed by atoms with Gasteiger partial charge in [0.1, 0.15) is 11.4 Å². The molecule has 0 aliphatic heterocycles. The molecule has 0 amide bonds. The molecule has 16 heavy (non-hydrogen) atoms. The highest BCUT2D eigenvalue weighted by molar-refractivity contribution is 5.74. The number of nitrogen functional groups attached to an aromatic ring is 1. The van der Waals surface area contributed by atoms with Crippen LogP contribution in [0.15, 0.2) is 18.2 Å². The highest BCUT2D eigenvalue weighted by atomic mass is 16.6. The lowest BCUT2D eigenvalue weighted by atomic mass is 10.2. The van der Waals surface area contributed by atoms with E-state index in [1.54, 1.807) is 18.2 Å². The molecule has 5 nitrogen and oxygen atoms in total. The van der Waals surface area contributed by atoms with Crippen molar-refractivity contribution >= 4 is 17.1 Å². The van der Waals surface area contributed by atoms with Gasteiger partial charge in [0.15, 0.2) is 0 Å². The molecule has 0 spiro atoms. The summed E-state index contributed by atoms with van der Waals surface area (Å²) in [7, 11) is 0. The lowest BCUT2D eigenvalue weighted by Gasteiger charge is -2.07. The third-order valence-corrected chi connectivity index (χ3v) is 2.81. The highest BCUT2D eigenvalue weighted by Crippen LogP contribution is 2.33. The van der Waals surface area contributed by atoms with Crippen LogP contribution in [0, 0.1) is 16.0 Å². The van der Waals surface area contributed by atoms with Crippen LogP contribution in [0.4, 0.5) is 17.1 Å². The predicted molar refractivity (Wildman–Crippen MR) is 63.3 cm³/mol. The zero-order valence-corrected chi connectivity index (χ0v) is 8.98. The smallest absolute Gasteiger partial charge is 0.314 e. The van der Waals surface area contributed by atoms with Gasteiger partial charge in [0.25, 0.3) is 0 Å². The molecule has 1 fully saturated rings. The number of benzene rings is 1. The molecule has 86 valence electrons. The van der Waals surface area contributed by atoms with Gasteiger partial charge in [0.2, 0.25) is 0 Å². The first kappa shape index (κ1) is 10.7. The predicted octanol–water partition coefficient (Wildman–Crippen LogP) is 2.39. The minimum Gasteiger partial charge on any atom is -0.393 e. The van der Waals surface area contributed by atoms with E-state index in [9.17, 15) is 10.1 Å². The molecule has 0 aromatic heterocycles. The van der Waals surface area contributed by atoms with Gasteiger partial charge in [-0.3, -0.25) is 10.1 Å². The van der Waals surface area contributed by atoms with Crippen molar-refractivity contribution in [3.63, 3.8) is 0 Å². The summed E-state index contributed by atoms with van der Waals surface area (Å²) in [5.41, 5.74) is 6.30. The lowest BCUT2D eigenvalue weighted by molar-refractivity contribution is -0.383. The van der Waals surface area contributed by atoms with Crippen LogP contribution in [0.5, 0.6) is 0 Å². The highest BCUT2D eigenvalue weighted by Gasteiger charge is 2.21. The summed E-state index contributed by atoms with van der Waals surface area (Å²) in [6, 6.07) is 4.97. The Bertz CT molecular complexity index is 402. The maximum atomic E-state index is 10.8. The number of nitrogens with one attached hydrogen (secondary N) is 1. The third kappa shape index (κ3) is 2.42. The van der Waals surface area contributed by atoms with Gasteiger partial charge in [-0.1, -0.05) is 18.9 Å². The molecule has 1 aliphatic rings. The number of nitrogens with two attached hydrogens (primary N) is 1. The second-order valence-corrected chi connectivity index (χ2v) is 4.16. The van der Waals surface area contributed by atoms with Crippen molar-refractivity contribution in [2.24, 2.45) is 5.92 Å². The normalized spacial score (nSPS) is 14.8. The topological polar surface area (TPSA) is 81.2 Å². The quantitative estimate of drug-likeness (QED) is 0.454. The summed E-state index contributed by atoms with van der Waals surface area (Å²) in [4.78, 5) is 10.4. The molecule has 0 radical (unpaired) electrons. The number of para-hydroxylation sites is 1. The molecule has 3 N–H and O–H groups in total. The molecular weight excluding hydrogens is 206 g/mol. The maximum absolute atomic E-state index is 10.8. The summed E-state index contributed by atoms with van der Waals surface area (Å²) >= 11 is 0. The molecule has 1 aromatic rings. The van der Waals surface area contributed by atoms with Crippen LogP contribution in [0.2, 0.25) is 0 Å². The third-order valence-electron chi connectivity index (χ3n) is 2.81. The Morgan fingerprint density at radius 3 is 2.88 bits per heavy atom. The first-order valence-electron chi connectivity index (χ1n) is 5.45. The molecule has 1 aromatic carbocycles. The fourth-order valence-corrected chi connectivity index (χ4v) is 1.73. The van der Waals surface area contributed by atoms with Gasteiger partial charge in [-0.2, -0.15) is 0 Å². The van der Waals surface area contributed by atoms with Gasteiger partial charge >= 0.3 is 5.69 Å². The van der Waals surface area contributed by atoms with Crippen molar-refractivity contribution in [1.82, 2.24) is 0 Å². The Hall–Kier alpha value is -1.78. The van der Waals surface area contributed by atoms with Crippen molar-refractivity contribution in [1.29, 1.82) is 0 Å². The average Bonchev–Trinajstić information content (AvgIpc) is 3.01. The number of nitro groups is 1. The largest absolute Gasteiger partial charge is 0.393 e. The molecule has 0 unspecified atom stereocenters. The van der Waals surface area contributed by atoms with E-state index in [4.69, 9.17) is 5.73 Å². The number of nitrogens with zero attached hydrogens (tertiary/aromatic N) is 1. The van der Waals surface area contributed by atoms with Crippen molar-refractivity contribution in [2.75, 3.05) is 17.6 Å². The van der Waals surface area contributed by atoms with Gasteiger partial charge in [0.05, 0.1) is 4.92 Å². The Kier molecular flexibility index (Phi) is 2.94. The average molecular weight is 221 g/mol. The minimum atomic E-state index is -0.436. The molecule has 0 saturated heterocycles. The van der Waals surface area contributed by atoms with E-state index in [0.29, 0.717) is 5.69 Å². The number of hydrogen-bond acceptors (Lipinski definition) is 4. The van der Waals surface area contributed by atoms with Gasteiger partial charge < -0.3 is 11.1 Å². The summed E-state index contributed by atoms with van der Waals surface area (Å²) in [6.45, 7) is 0.773. The van der Waals surface area contributed by atoms with Crippen LogP contribution < -0.4 is 11.1 Å². The first-order valence-corrected chi connectivity index (χ1v) is 5.45. The summed E-state index contributed by atoms with van der Waals surface area (Å²) in [5, 5.41) is 13.9. The second-order valence-electron chi connectivity index (χ2n) is 4.16. The maximum Gasteiger partial charge on any atom is 0.314 e. The van der Waals surface area contributed by atoms with E-state index in [1.807, 2.05) is 0 Å². The summed E-state index contributed by atoms with van der Waals surface area (Å²) < 4.78 is 0. The monoisotopic (exact) mass is 221 g/mol. The number of hydrogen-bond donors (Lipinski definition) is 2. The Morgan fingerprint density at radius 1 is 1.50 bits per heavy atom. The van der Waals surface area contributed by atoms with Crippen LogP contribution in [0.25, 0.3) is 0 Å². The van der Waals surface area contributed by atoms with E-state index in [1.165, 1.54) is 12.8 Å². The van der Waals surface area contributed by atoms with Crippen molar-refractivity contribution < 1.29 is 4.92 Å². The Labute approximate surface area is 93.8 Å². The van der Waals surface area contributed by atoms with Crippen molar-refractivity contribution in [3.05, 3.63) is 28.3 Å². The number of anilines is 2. The molecule has 5 heteroatoms. The molecule has 0 atom stereocenters. The molecule has 1 saturated carbocycles. The lowest BCUT2D eigenvalue weighted by Crippen LogP contribution is -2.06. The van der Waals surface area contributed by atoms with E-state index in [0.717, 1.165) is 18.9 Å². The number of nitro benzene ring substituents is 1. The van der Waals surface area contributed by atoms with E-state index in [2.05, 4.69) is 5.32 Å². The summed E-state index contributed by atoms with van der Waals surface area (Å²) in [5.74, 6) is 0.813. The standard InChI is InChI=1S/C11H15N3O2/c12-9-2-1-3-10(11(9)14(15)16)13-7-6-8-4-5-8/h1-3,8,13H,4-7,12H2. The zero-order chi connectivity index (χ0) is 11.5. The SMILES string of the molecule is Nc1cccc(NCCC2CC2)c1[N+](=O)[O-]. The van der Waals surface area contributed by atoms with Gasteiger partial charge in [-0.15, -0.1) is 0 Å². The summed E-state index contributed by atoms with van der Waals surface area (Å²) in [6.07, 6.45) is 3.66. The van der Waals surface area contributed by atoms with Crippen LogP contribution in [0.1, 0.15) is 19.3 Å². The fraction of sp³-hybridized carbons (Fsp3) is 0.455. The minimum absolute atomic E-state index is 0.0155. The van der Waals surface area contributed by atoms with Crippen LogP contribution in [-0.2, 0) is 0 Å². The Morgan fingerprint density at radius 2 is 2.25 bits per heavy atom. The van der Waals surface area contributed by atoms with Crippen molar-refractivity contribution in [3.8, 4) is 0 Å². The molecular formula is C11H15N3O2. The molecule has 0 heterocycles. The molecule has 2 rings (SSSR count). The van der Waals surface area contributed by atoms with Crippen LogP contribution in [0.3, 0.4) is 0 Å². The second kappa shape index (κ2) is 4.38. The van der Waals surface area contributed by atoms with E-state index < -0.39 is 4.92 Å². The van der Waals surface area contributed by atoms with Gasteiger partial charge in [-0.25, -0.2) is 0 Å². The zero-order valence-electron chi connectivity index (χ0n) is 8.98. The first-order chi connectivity index (χ1) is 7.68. The Balaban J connectivity index is 2.05. The van der Waals surface area contributed by atoms with Gasteiger partial charge in [-0.05, 0) is 24.5 Å². The van der Waals surface area contributed by atoms with Crippen LogP contribution >= 0.6 is 0 Å². The fourth-order valence-electron chi connectivity index (χ4n) is 1.73. The van der Waals surface area contributed by atoms with Crippen LogP contribution in [-0.4, -0.2) is 11.5 Å². The van der Waals surface area contributed by atoms with E-state index >= 15 is 0 Å². The number of rotatable bonds is 5. The van der Waals surface area contributed by atoms with Crippen molar-refractivity contribution in [2.45, 2.75) is 19.3 Å². The van der Waals surface area contributed by atoms with E-state index in [-0.39, 0.29) is 11.4 Å². The van der Waals surface area contributed by atoms with Gasteiger partial charge in [0, 0.05) is 6.54 Å².